The summed E-state index contributed by atoms with van der Waals surface area (Å²) in [6.45, 7) is 4.24. The van der Waals surface area contributed by atoms with Gasteiger partial charge in [0, 0.05) is 9.50 Å². The monoisotopic (exact) mass is 246 g/mol. The highest BCUT2D eigenvalue weighted by molar-refractivity contribution is 9.10. The van der Waals surface area contributed by atoms with Gasteiger partial charge >= 0.3 is 0 Å². The Balaban J connectivity index is 3.22. The lowest BCUT2D eigenvalue weighted by Crippen LogP contribution is -1.89. The third-order valence-electron chi connectivity index (χ3n) is 1.95. The molecule has 0 amide bonds. The molecule has 0 unspecified atom stereocenters. The first-order valence-corrected chi connectivity index (χ1v) is 5.32. The molecule has 0 N–H and O–H groups in total. The van der Waals surface area contributed by atoms with Crippen LogP contribution in [-0.4, -0.2) is 0 Å². The average molecular weight is 248 g/mol. The van der Waals surface area contributed by atoms with E-state index >= 15 is 0 Å². The second-order valence-corrected chi connectivity index (χ2v) is 4.04. The van der Waals surface area contributed by atoms with Crippen LogP contribution in [-0.2, 0) is 12.8 Å². The minimum Gasteiger partial charge on any atom is -0.0837 e. The molecule has 0 heterocycles. The summed E-state index contributed by atoms with van der Waals surface area (Å²) in [5.41, 5.74) is 2.45. The van der Waals surface area contributed by atoms with Crippen molar-refractivity contribution in [1.82, 2.24) is 0 Å². The number of hydrogen-bond donors (Lipinski definition) is 0. The van der Waals surface area contributed by atoms with Gasteiger partial charge in [-0.15, -0.1) is 0 Å². The van der Waals surface area contributed by atoms with Gasteiger partial charge in [-0.25, -0.2) is 0 Å². The van der Waals surface area contributed by atoms with Crippen LogP contribution in [0.4, 0.5) is 0 Å². The maximum atomic E-state index is 6.16. The molecule has 12 heavy (non-hydrogen) atoms. The molecule has 2 heteroatoms. The van der Waals surface area contributed by atoms with E-state index in [1.807, 2.05) is 0 Å². The van der Waals surface area contributed by atoms with Gasteiger partial charge in [-0.3, -0.25) is 0 Å². The van der Waals surface area contributed by atoms with Crippen LogP contribution < -0.4 is 0 Å². The molecule has 1 aromatic rings. The predicted octanol–water partition coefficient (Wildman–Crippen LogP) is 4.23. The summed E-state index contributed by atoms with van der Waals surface area (Å²) in [7, 11) is 0. The summed E-state index contributed by atoms with van der Waals surface area (Å²) in [5, 5.41) is 0.934. The molecule has 0 aromatic heterocycles. The minimum absolute atomic E-state index is 0.934. The second-order valence-electron chi connectivity index (χ2n) is 2.75. The zero-order valence-corrected chi connectivity index (χ0v) is 9.67. The molecular weight excluding hydrogens is 235 g/mol. The largest absolute Gasteiger partial charge is 0.0837 e. The van der Waals surface area contributed by atoms with Crippen molar-refractivity contribution in [3.63, 3.8) is 0 Å². The van der Waals surface area contributed by atoms with Crippen molar-refractivity contribution in [3.8, 4) is 0 Å². The fourth-order valence-electron chi connectivity index (χ4n) is 1.22. The minimum atomic E-state index is 0.934. The Labute approximate surface area is 87.1 Å². The first kappa shape index (κ1) is 10.1. The van der Waals surface area contributed by atoms with E-state index < -0.39 is 0 Å². The average Bonchev–Trinajstić information content (AvgIpc) is 2.08. The van der Waals surface area contributed by atoms with Crippen molar-refractivity contribution < 1.29 is 0 Å². The molecule has 66 valence electrons. The molecular formula is C10H12BrCl. The van der Waals surface area contributed by atoms with Crippen LogP contribution in [0, 0.1) is 0 Å². The van der Waals surface area contributed by atoms with Crippen molar-refractivity contribution in [3.05, 3.63) is 32.8 Å². The number of rotatable bonds is 2. The Morgan fingerprint density at radius 2 is 1.58 bits per heavy atom. The maximum absolute atomic E-state index is 6.16. The van der Waals surface area contributed by atoms with E-state index in [1.54, 1.807) is 0 Å². The molecule has 0 aliphatic rings. The van der Waals surface area contributed by atoms with Gasteiger partial charge < -0.3 is 0 Å². The molecule has 0 radical (unpaired) electrons. The van der Waals surface area contributed by atoms with Gasteiger partial charge in [0.2, 0.25) is 0 Å². The van der Waals surface area contributed by atoms with Gasteiger partial charge in [0.15, 0.2) is 0 Å². The fraction of sp³-hybridized carbons (Fsp3) is 0.400. The molecule has 0 saturated heterocycles. The lowest BCUT2D eigenvalue weighted by atomic mass is 10.1. The molecule has 1 aromatic carbocycles. The molecule has 0 saturated carbocycles. The second kappa shape index (κ2) is 4.29. The van der Waals surface area contributed by atoms with Crippen molar-refractivity contribution >= 4 is 27.5 Å². The van der Waals surface area contributed by atoms with Crippen molar-refractivity contribution in [2.24, 2.45) is 0 Å². The zero-order chi connectivity index (χ0) is 9.14. The Kier molecular flexibility index (Phi) is 3.60. The zero-order valence-electron chi connectivity index (χ0n) is 7.32. The predicted molar refractivity (Wildman–Crippen MR) is 57.9 cm³/mol. The Hall–Kier alpha value is -0.0100. The van der Waals surface area contributed by atoms with Crippen molar-refractivity contribution in [1.29, 1.82) is 0 Å². The Morgan fingerprint density at radius 3 is 1.92 bits per heavy atom. The highest BCUT2D eigenvalue weighted by atomic mass is 79.9. The molecule has 0 spiro atoms. The third kappa shape index (κ3) is 2.02. The van der Waals surface area contributed by atoms with Gasteiger partial charge in [0.1, 0.15) is 0 Å². The standard InChI is InChI=1S/C10H12BrCl/c1-3-7-5-9(11)6-8(4-2)10(7)12/h5-6H,3-4H2,1-2H3. The van der Waals surface area contributed by atoms with Gasteiger partial charge in [0.25, 0.3) is 0 Å². The molecule has 0 bridgehead atoms. The maximum Gasteiger partial charge on any atom is 0.0470 e. The van der Waals surface area contributed by atoms with Crippen LogP contribution in [0.1, 0.15) is 25.0 Å². The fourth-order valence-corrected chi connectivity index (χ4v) is 2.15. The van der Waals surface area contributed by atoms with Crippen molar-refractivity contribution in [2.75, 3.05) is 0 Å². The number of benzene rings is 1. The Morgan fingerprint density at radius 1 is 1.17 bits per heavy atom. The van der Waals surface area contributed by atoms with E-state index in [2.05, 4.69) is 41.9 Å². The molecule has 0 fully saturated rings. The summed E-state index contributed by atoms with van der Waals surface area (Å²) in [6, 6.07) is 4.17. The number of halogens is 2. The smallest absolute Gasteiger partial charge is 0.0470 e. The highest BCUT2D eigenvalue weighted by Gasteiger charge is 2.04. The molecule has 0 aliphatic carbocycles. The van der Waals surface area contributed by atoms with Crippen LogP contribution in [0.25, 0.3) is 0 Å². The van der Waals surface area contributed by atoms with E-state index in [4.69, 9.17) is 11.6 Å². The SMILES string of the molecule is CCc1cc(Br)cc(CC)c1Cl. The van der Waals surface area contributed by atoms with Crippen LogP contribution in [0.5, 0.6) is 0 Å². The number of hydrogen-bond acceptors (Lipinski definition) is 0. The van der Waals surface area contributed by atoms with Gasteiger partial charge in [-0.2, -0.15) is 0 Å². The van der Waals surface area contributed by atoms with Crippen LogP contribution in [0.3, 0.4) is 0 Å². The van der Waals surface area contributed by atoms with Gasteiger partial charge in [-0.1, -0.05) is 41.4 Å². The first-order chi connectivity index (χ1) is 5.69. The van der Waals surface area contributed by atoms with E-state index in [-0.39, 0.29) is 0 Å². The highest BCUT2D eigenvalue weighted by Crippen LogP contribution is 2.26. The van der Waals surface area contributed by atoms with Crippen molar-refractivity contribution in [2.45, 2.75) is 26.7 Å². The Bertz CT molecular complexity index is 256. The van der Waals surface area contributed by atoms with Crippen LogP contribution >= 0.6 is 27.5 Å². The van der Waals surface area contributed by atoms with Crippen LogP contribution in [0.15, 0.2) is 16.6 Å². The summed E-state index contributed by atoms with van der Waals surface area (Å²) >= 11 is 9.63. The lowest BCUT2D eigenvalue weighted by molar-refractivity contribution is 1.08. The normalized spacial score (nSPS) is 10.3. The van der Waals surface area contributed by atoms with E-state index in [0.29, 0.717) is 0 Å². The molecule has 0 nitrogen and oxygen atoms in total. The van der Waals surface area contributed by atoms with Crippen LogP contribution in [0.2, 0.25) is 5.02 Å². The van der Waals surface area contributed by atoms with E-state index in [1.165, 1.54) is 11.1 Å². The van der Waals surface area contributed by atoms with E-state index in [0.717, 1.165) is 22.3 Å². The molecule has 0 aliphatic heterocycles. The van der Waals surface area contributed by atoms with E-state index in [9.17, 15) is 0 Å². The number of aryl methyl sites for hydroxylation is 2. The van der Waals surface area contributed by atoms with Gasteiger partial charge in [0.05, 0.1) is 0 Å². The summed E-state index contributed by atoms with van der Waals surface area (Å²) in [5.74, 6) is 0. The topological polar surface area (TPSA) is 0 Å². The molecule has 1 rings (SSSR count). The quantitative estimate of drug-likeness (QED) is 0.734. The summed E-state index contributed by atoms with van der Waals surface area (Å²) in [6.07, 6.45) is 1.98. The summed E-state index contributed by atoms with van der Waals surface area (Å²) in [4.78, 5) is 0. The molecule has 0 atom stereocenters. The third-order valence-corrected chi connectivity index (χ3v) is 2.89. The lowest BCUT2D eigenvalue weighted by Gasteiger charge is -2.07. The summed E-state index contributed by atoms with van der Waals surface area (Å²) < 4.78 is 1.13. The first-order valence-electron chi connectivity index (χ1n) is 4.15. The van der Waals surface area contributed by atoms with Gasteiger partial charge in [-0.05, 0) is 36.1 Å².